The molecule has 0 spiro atoms. The van der Waals surface area contributed by atoms with Crippen LogP contribution in [0.5, 0.6) is 0 Å². The summed E-state index contributed by atoms with van der Waals surface area (Å²) in [6.45, 7) is 6.46. The van der Waals surface area contributed by atoms with Crippen molar-refractivity contribution >= 4 is 15.9 Å². The summed E-state index contributed by atoms with van der Waals surface area (Å²) < 4.78 is 27.4. The third-order valence-electron chi connectivity index (χ3n) is 5.47. The average molecular weight is 401 g/mol. The van der Waals surface area contributed by atoms with Crippen molar-refractivity contribution in [3.63, 3.8) is 0 Å². The van der Waals surface area contributed by atoms with Crippen molar-refractivity contribution in [1.82, 2.24) is 9.62 Å². The zero-order chi connectivity index (χ0) is 20.3. The number of piperidine rings is 1. The molecule has 5 nitrogen and oxygen atoms in total. The van der Waals surface area contributed by atoms with Crippen LogP contribution in [0.25, 0.3) is 0 Å². The van der Waals surface area contributed by atoms with Crippen molar-refractivity contribution in [2.24, 2.45) is 0 Å². The highest BCUT2D eigenvalue weighted by molar-refractivity contribution is 7.89. The van der Waals surface area contributed by atoms with Crippen LogP contribution in [-0.4, -0.2) is 31.2 Å². The molecule has 3 rings (SSSR count). The molecule has 0 aromatic heterocycles. The Morgan fingerprint density at radius 1 is 1.11 bits per heavy atom. The van der Waals surface area contributed by atoms with E-state index in [-0.39, 0.29) is 22.9 Å². The van der Waals surface area contributed by atoms with Gasteiger partial charge in [-0.2, -0.15) is 4.31 Å². The summed E-state index contributed by atoms with van der Waals surface area (Å²) in [6.07, 6.45) is 2.84. The molecule has 0 radical (unpaired) electrons. The minimum absolute atomic E-state index is 0.0108. The Hall–Kier alpha value is -2.18. The fraction of sp³-hybridized carbons (Fsp3) is 0.409. The zero-order valence-corrected chi connectivity index (χ0v) is 17.5. The van der Waals surface area contributed by atoms with Gasteiger partial charge in [-0.25, -0.2) is 8.42 Å². The number of carbonyl (C=O) groups is 1. The number of nitrogens with zero attached hydrogens (tertiary/aromatic N) is 1. The highest BCUT2D eigenvalue weighted by atomic mass is 32.2. The van der Waals surface area contributed by atoms with Gasteiger partial charge in [-0.15, -0.1) is 0 Å². The maximum Gasteiger partial charge on any atom is 0.251 e. The Balaban J connectivity index is 1.73. The quantitative estimate of drug-likeness (QED) is 0.823. The Bertz CT molecular complexity index is 939. The molecule has 1 saturated heterocycles. The number of hydrogen-bond acceptors (Lipinski definition) is 3. The number of aryl methyl sites for hydroxylation is 1. The number of hydrogen-bond donors (Lipinski definition) is 1. The van der Waals surface area contributed by atoms with Gasteiger partial charge in [-0.1, -0.05) is 30.7 Å². The van der Waals surface area contributed by atoms with Crippen LogP contribution in [0.3, 0.4) is 0 Å². The molecule has 2 atom stereocenters. The second kappa shape index (κ2) is 8.45. The van der Waals surface area contributed by atoms with E-state index in [9.17, 15) is 13.2 Å². The van der Waals surface area contributed by atoms with Gasteiger partial charge >= 0.3 is 0 Å². The molecule has 0 saturated carbocycles. The van der Waals surface area contributed by atoms with Crippen LogP contribution in [-0.2, 0) is 10.0 Å². The highest BCUT2D eigenvalue weighted by Crippen LogP contribution is 2.25. The second-order valence-corrected chi connectivity index (χ2v) is 9.43. The standard InChI is InChI=1S/C22H28N2O3S/c1-16-8-4-5-10-21(16)18(3)23-22(25)19-11-13-20(14-12-19)28(26,27)24-15-7-6-9-17(24)2/h4-5,8,10-14,17-18H,6-7,9,15H2,1-3H3,(H,23,25). The van der Waals surface area contributed by atoms with Crippen molar-refractivity contribution in [1.29, 1.82) is 0 Å². The summed E-state index contributed by atoms with van der Waals surface area (Å²) in [7, 11) is -3.52. The lowest BCUT2D eigenvalue weighted by Gasteiger charge is -2.32. The Morgan fingerprint density at radius 3 is 2.43 bits per heavy atom. The van der Waals surface area contributed by atoms with E-state index < -0.39 is 10.0 Å². The van der Waals surface area contributed by atoms with Crippen molar-refractivity contribution in [2.45, 2.75) is 57.0 Å². The van der Waals surface area contributed by atoms with Crippen LogP contribution in [0, 0.1) is 6.92 Å². The predicted molar refractivity (Wildman–Crippen MR) is 111 cm³/mol. The van der Waals surface area contributed by atoms with Gasteiger partial charge in [0.1, 0.15) is 0 Å². The maximum atomic E-state index is 12.9. The normalized spacial score (nSPS) is 19.2. The fourth-order valence-electron chi connectivity index (χ4n) is 3.77. The lowest BCUT2D eigenvalue weighted by atomic mass is 10.0. The molecule has 0 bridgehead atoms. The number of rotatable bonds is 5. The van der Waals surface area contributed by atoms with Crippen LogP contribution in [0.2, 0.25) is 0 Å². The molecule has 1 amide bonds. The van der Waals surface area contributed by atoms with E-state index in [4.69, 9.17) is 0 Å². The maximum absolute atomic E-state index is 12.9. The van der Waals surface area contributed by atoms with Crippen molar-refractivity contribution in [3.05, 3.63) is 65.2 Å². The lowest BCUT2D eigenvalue weighted by Crippen LogP contribution is -2.41. The first kappa shape index (κ1) is 20.6. The first-order chi connectivity index (χ1) is 13.3. The molecule has 2 aromatic carbocycles. The largest absolute Gasteiger partial charge is 0.346 e. The SMILES string of the molecule is Cc1ccccc1C(C)NC(=O)c1ccc(S(=O)(=O)N2CCCCC2C)cc1. The van der Waals surface area contributed by atoms with Gasteiger partial charge < -0.3 is 5.32 Å². The van der Waals surface area contributed by atoms with E-state index >= 15 is 0 Å². The molecule has 150 valence electrons. The van der Waals surface area contributed by atoms with E-state index in [2.05, 4.69) is 5.32 Å². The third-order valence-corrected chi connectivity index (χ3v) is 7.50. The topological polar surface area (TPSA) is 66.5 Å². The third kappa shape index (κ3) is 4.28. The molecule has 1 aliphatic heterocycles. The van der Waals surface area contributed by atoms with Crippen LogP contribution in [0.4, 0.5) is 0 Å². The summed E-state index contributed by atoms with van der Waals surface area (Å²) in [5, 5.41) is 2.98. The molecule has 1 N–H and O–H groups in total. The van der Waals surface area contributed by atoms with Gasteiger partial charge in [0, 0.05) is 18.2 Å². The van der Waals surface area contributed by atoms with Gasteiger partial charge in [-0.05, 0) is 69.0 Å². The number of nitrogens with one attached hydrogen (secondary N) is 1. The van der Waals surface area contributed by atoms with E-state index in [1.807, 2.05) is 45.0 Å². The first-order valence-electron chi connectivity index (χ1n) is 9.79. The van der Waals surface area contributed by atoms with E-state index in [1.54, 1.807) is 16.4 Å². The molecule has 28 heavy (non-hydrogen) atoms. The van der Waals surface area contributed by atoms with E-state index in [0.29, 0.717) is 12.1 Å². The van der Waals surface area contributed by atoms with Crippen LogP contribution in [0.15, 0.2) is 53.4 Å². The van der Waals surface area contributed by atoms with E-state index in [0.717, 1.165) is 30.4 Å². The molecule has 1 aliphatic rings. The molecular weight excluding hydrogens is 372 g/mol. The molecule has 6 heteroatoms. The van der Waals surface area contributed by atoms with Gasteiger partial charge in [0.2, 0.25) is 10.0 Å². The van der Waals surface area contributed by atoms with Gasteiger partial charge in [0.25, 0.3) is 5.91 Å². The zero-order valence-electron chi connectivity index (χ0n) is 16.7. The monoisotopic (exact) mass is 400 g/mol. The Kier molecular flexibility index (Phi) is 6.20. The van der Waals surface area contributed by atoms with Crippen LogP contribution >= 0.6 is 0 Å². The molecule has 1 fully saturated rings. The first-order valence-corrected chi connectivity index (χ1v) is 11.2. The number of benzene rings is 2. The summed E-state index contributed by atoms with van der Waals surface area (Å²) in [6, 6.07) is 14.0. The number of amides is 1. The van der Waals surface area contributed by atoms with Crippen molar-refractivity contribution in [2.75, 3.05) is 6.54 Å². The van der Waals surface area contributed by atoms with Crippen molar-refractivity contribution in [3.8, 4) is 0 Å². The van der Waals surface area contributed by atoms with Crippen LogP contribution in [0.1, 0.15) is 60.6 Å². The molecule has 2 unspecified atom stereocenters. The number of carbonyl (C=O) groups excluding carboxylic acids is 1. The van der Waals surface area contributed by atoms with Crippen molar-refractivity contribution < 1.29 is 13.2 Å². The second-order valence-electron chi connectivity index (χ2n) is 7.54. The minimum Gasteiger partial charge on any atom is -0.346 e. The molecule has 1 heterocycles. The Morgan fingerprint density at radius 2 is 1.79 bits per heavy atom. The van der Waals surface area contributed by atoms with E-state index in [1.165, 1.54) is 12.1 Å². The summed E-state index contributed by atoms with van der Waals surface area (Å²) in [4.78, 5) is 12.8. The highest BCUT2D eigenvalue weighted by Gasteiger charge is 2.30. The van der Waals surface area contributed by atoms with Crippen LogP contribution < -0.4 is 5.32 Å². The summed E-state index contributed by atoms with van der Waals surface area (Å²) in [5.74, 6) is -0.217. The predicted octanol–water partition coefficient (Wildman–Crippen LogP) is 4.05. The summed E-state index contributed by atoms with van der Waals surface area (Å²) in [5.41, 5.74) is 2.63. The molecule has 2 aromatic rings. The number of sulfonamides is 1. The van der Waals surface area contributed by atoms with Gasteiger partial charge in [0.05, 0.1) is 10.9 Å². The average Bonchev–Trinajstić information content (AvgIpc) is 2.68. The minimum atomic E-state index is -3.52. The van der Waals surface area contributed by atoms with Gasteiger partial charge in [-0.3, -0.25) is 4.79 Å². The van der Waals surface area contributed by atoms with Gasteiger partial charge in [0.15, 0.2) is 0 Å². The smallest absolute Gasteiger partial charge is 0.251 e. The fourth-order valence-corrected chi connectivity index (χ4v) is 5.47. The Labute approximate surface area is 167 Å². The molecule has 0 aliphatic carbocycles. The molecular formula is C22H28N2O3S. The lowest BCUT2D eigenvalue weighted by molar-refractivity contribution is 0.0939. The summed E-state index contributed by atoms with van der Waals surface area (Å²) >= 11 is 0.